The lowest BCUT2D eigenvalue weighted by atomic mass is 10.1. The molecule has 1 atom stereocenters. The molecule has 1 unspecified atom stereocenters. The van der Waals surface area contributed by atoms with Gasteiger partial charge in [0.15, 0.2) is 0 Å². The van der Waals surface area contributed by atoms with Crippen LogP contribution in [-0.4, -0.2) is 4.92 Å². The van der Waals surface area contributed by atoms with Crippen molar-refractivity contribution >= 4 is 34.6 Å². The van der Waals surface area contributed by atoms with E-state index in [-0.39, 0.29) is 6.04 Å². The highest BCUT2D eigenvalue weighted by Crippen LogP contribution is 2.30. The molecule has 0 aliphatic carbocycles. The van der Waals surface area contributed by atoms with E-state index in [4.69, 9.17) is 23.2 Å². The van der Waals surface area contributed by atoms with Gasteiger partial charge in [0.25, 0.3) is 0 Å². The van der Waals surface area contributed by atoms with Crippen molar-refractivity contribution in [3.63, 3.8) is 0 Å². The molecule has 4 nitrogen and oxygen atoms in total. The Bertz CT molecular complexity index is 695. The van der Waals surface area contributed by atoms with Crippen LogP contribution < -0.4 is 5.32 Å². The van der Waals surface area contributed by atoms with Crippen molar-refractivity contribution in [2.75, 3.05) is 5.32 Å². The molecule has 1 N–H and O–H groups in total. The largest absolute Gasteiger partial charge is 0.378 e. The molecular weight excluding hydrogens is 318 g/mol. The van der Waals surface area contributed by atoms with Gasteiger partial charge in [0.05, 0.1) is 4.92 Å². The molecule has 2 rings (SSSR count). The molecule has 0 saturated heterocycles. The second-order valence-electron chi connectivity index (χ2n) is 4.46. The topological polar surface area (TPSA) is 55.2 Å². The summed E-state index contributed by atoms with van der Waals surface area (Å²) in [7, 11) is 0. The van der Waals surface area contributed by atoms with Gasteiger partial charge >= 0.3 is 5.69 Å². The van der Waals surface area contributed by atoms with E-state index in [1.807, 2.05) is 6.92 Å². The molecule has 110 valence electrons. The lowest BCUT2D eigenvalue weighted by Crippen LogP contribution is -2.07. The van der Waals surface area contributed by atoms with E-state index in [1.54, 1.807) is 18.2 Å². The van der Waals surface area contributed by atoms with Crippen molar-refractivity contribution in [2.45, 2.75) is 13.0 Å². The highest BCUT2D eigenvalue weighted by atomic mass is 35.5. The summed E-state index contributed by atoms with van der Waals surface area (Å²) in [5, 5.41) is 14.8. The fraction of sp³-hybridized carbons (Fsp3) is 0.143. The first-order valence-corrected chi connectivity index (χ1v) is 6.79. The molecule has 0 bridgehead atoms. The van der Waals surface area contributed by atoms with Gasteiger partial charge in [-0.2, -0.15) is 4.39 Å². The molecule has 0 radical (unpaired) electrons. The summed E-state index contributed by atoms with van der Waals surface area (Å²) >= 11 is 11.9. The van der Waals surface area contributed by atoms with Gasteiger partial charge in [-0.05, 0) is 36.8 Å². The standard InChI is InChI=1S/C14H11Cl2FN2O2/c1-8(11-4-2-9(15)6-12(11)16)18-10-3-5-13(17)14(7-10)19(20)21/h2-8,18H,1H3. The Balaban J connectivity index is 2.25. The van der Waals surface area contributed by atoms with Gasteiger partial charge in [0.2, 0.25) is 5.82 Å². The van der Waals surface area contributed by atoms with Crippen LogP contribution >= 0.6 is 23.2 Å². The highest BCUT2D eigenvalue weighted by Gasteiger charge is 2.16. The Morgan fingerprint density at radius 2 is 1.95 bits per heavy atom. The summed E-state index contributed by atoms with van der Waals surface area (Å²) in [6.07, 6.45) is 0. The maximum Gasteiger partial charge on any atom is 0.306 e. The van der Waals surface area contributed by atoms with Gasteiger partial charge in [0, 0.05) is 27.8 Å². The van der Waals surface area contributed by atoms with Crippen molar-refractivity contribution in [1.82, 2.24) is 0 Å². The molecule has 0 aliphatic rings. The number of hydrogen-bond donors (Lipinski definition) is 1. The normalized spacial score (nSPS) is 12.0. The summed E-state index contributed by atoms with van der Waals surface area (Å²) < 4.78 is 13.3. The van der Waals surface area contributed by atoms with Crippen molar-refractivity contribution in [1.29, 1.82) is 0 Å². The molecule has 0 aromatic heterocycles. The zero-order valence-corrected chi connectivity index (χ0v) is 12.5. The third-order valence-corrected chi connectivity index (χ3v) is 3.52. The first kappa shape index (κ1) is 15.5. The zero-order valence-electron chi connectivity index (χ0n) is 10.9. The van der Waals surface area contributed by atoms with Gasteiger partial charge in [0.1, 0.15) is 0 Å². The average molecular weight is 329 g/mol. The molecule has 0 saturated carbocycles. The summed E-state index contributed by atoms with van der Waals surface area (Å²) in [5.74, 6) is -0.872. The SMILES string of the molecule is CC(Nc1ccc(F)c([N+](=O)[O-])c1)c1ccc(Cl)cc1Cl. The van der Waals surface area contributed by atoms with Crippen molar-refractivity contribution in [3.8, 4) is 0 Å². The Kier molecular flexibility index (Phi) is 4.65. The van der Waals surface area contributed by atoms with E-state index in [0.717, 1.165) is 17.7 Å². The monoisotopic (exact) mass is 328 g/mol. The van der Waals surface area contributed by atoms with Gasteiger partial charge in [-0.25, -0.2) is 0 Å². The van der Waals surface area contributed by atoms with Crippen LogP contribution in [-0.2, 0) is 0 Å². The summed E-state index contributed by atoms with van der Waals surface area (Å²) in [6, 6.07) is 8.49. The Hall–Kier alpha value is -1.85. The summed E-state index contributed by atoms with van der Waals surface area (Å²) in [6.45, 7) is 1.84. The molecule has 21 heavy (non-hydrogen) atoms. The zero-order chi connectivity index (χ0) is 15.6. The molecule has 0 heterocycles. The van der Waals surface area contributed by atoms with E-state index < -0.39 is 16.4 Å². The number of nitro benzene ring substituents is 1. The second kappa shape index (κ2) is 6.28. The smallest absolute Gasteiger partial charge is 0.306 e. The minimum atomic E-state index is -0.872. The van der Waals surface area contributed by atoms with E-state index in [2.05, 4.69) is 5.32 Å². The molecule has 2 aromatic rings. The van der Waals surface area contributed by atoms with Gasteiger partial charge in [-0.1, -0.05) is 29.3 Å². The van der Waals surface area contributed by atoms with E-state index in [0.29, 0.717) is 15.7 Å². The van der Waals surface area contributed by atoms with E-state index in [9.17, 15) is 14.5 Å². The van der Waals surface area contributed by atoms with Gasteiger partial charge in [-0.3, -0.25) is 10.1 Å². The van der Waals surface area contributed by atoms with Gasteiger partial charge in [-0.15, -0.1) is 0 Å². The molecule has 0 amide bonds. The number of halogens is 3. The van der Waals surface area contributed by atoms with Gasteiger partial charge < -0.3 is 5.32 Å². The van der Waals surface area contributed by atoms with Crippen molar-refractivity contribution in [3.05, 3.63) is 67.9 Å². The average Bonchev–Trinajstić information content (AvgIpc) is 2.40. The van der Waals surface area contributed by atoms with Crippen LogP contribution in [0.4, 0.5) is 15.8 Å². The Morgan fingerprint density at radius 3 is 2.57 bits per heavy atom. The van der Waals surface area contributed by atoms with E-state index >= 15 is 0 Å². The number of hydrogen-bond acceptors (Lipinski definition) is 3. The van der Waals surface area contributed by atoms with Crippen molar-refractivity contribution in [2.24, 2.45) is 0 Å². The second-order valence-corrected chi connectivity index (χ2v) is 5.30. The molecule has 2 aromatic carbocycles. The van der Waals surface area contributed by atoms with E-state index in [1.165, 1.54) is 6.07 Å². The Morgan fingerprint density at radius 1 is 1.24 bits per heavy atom. The number of nitrogens with one attached hydrogen (secondary N) is 1. The van der Waals surface area contributed by atoms with Crippen LogP contribution in [0.15, 0.2) is 36.4 Å². The quantitative estimate of drug-likeness (QED) is 0.618. The number of anilines is 1. The van der Waals surface area contributed by atoms with Crippen LogP contribution in [0.3, 0.4) is 0 Å². The maximum absolute atomic E-state index is 13.3. The Labute approximate surface area is 130 Å². The fourth-order valence-electron chi connectivity index (χ4n) is 1.92. The van der Waals surface area contributed by atoms with Crippen LogP contribution in [0.25, 0.3) is 0 Å². The number of nitrogens with zero attached hydrogens (tertiary/aromatic N) is 1. The first-order chi connectivity index (χ1) is 9.88. The predicted octanol–water partition coefficient (Wildman–Crippen LogP) is 5.21. The lowest BCUT2D eigenvalue weighted by Gasteiger charge is -2.17. The summed E-state index contributed by atoms with van der Waals surface area (Å²) in [4.78, 5) is 9.96. The van der Waals surface area contributed by atoms with Crippen LogP contribution in [0.5, 0.6) is 0 Å². The molecular formula is C14H11Cl2FN2O2. The number of benzene rings is 2. The lowest BCUT2D eigenvalue weighted by molar-refractivity contribution is -0.387. The third kappa shape index (κ3) is 3.62. The molecule has 7 heteroatoms. The highest BCUT2D eigenvalue weighted by molar-refractivity contribution is 6.35. The van der Waals surface area contributed by atoms with Crippen LogP contribution in [0, 0.1) is 15.9 Å². The predicted molar refractivity (Wildman–Crippen MR) is 81.6 cm³/mol. The third-order valence-electron chi connectivity index (χ3n) is 2.96. The maximum atomic E-state index is 13.3. The molecule has 0 spiro atoms. The molecule has 0 aliphatic heterocycles. The van der Waals surface area contributed by atoms with Crippen molar-refractivity contribution < 1.29 is 9.31 Å². The minimum absolute atomic E-state index is 0.222. The minimum Gasteiger partial charge on any atom is -0.378 e. The van der Waals surface area contributed by atoms with Crippen LogP contribution in [0.2, 0.25) is 10.0 Å². The van der Waals surface area contributed by atoms with Crippen LogP contribution in [0.1, 0.15) is 18.5 Å². The molecule has 0 fully saturated rings. The number of nitro groups is 1. The number of rotatable bonds is 4. The summed E-state index contributed by atoms with van der Waals surface area (Å²) in [5.41, 5.74) is 0.643. The fourth-order valence-corrected chi connectivity index (χ4v) is 2.49. The first-order valence-electron chi connectivity index (χ1n) is 6.04.